The smallest absolute Gasteiger partial charge is 0.336 e. The van der Waals surface area contributed by atoms with Gasteiger partial charge >= 0.3 is 5.63 Å². The average molecular weight is 368 g/mol. The Bertz CT molecular complexity index is 998. The van der Waals surface area contributed by atoms with Gasteiger partial charge in [-0.15, -0.1) is 0 Å². The molecule has 0 N–H and O–H groups in total. The van der Waals surface area contributed by atoms with Crippen LogP contribution in [0.5, 0.6) is 5.75 Å². The first kappa shape index (κ1) is 18.0. The summed E-state index contributed by atoms with van der Waals surface area (Å²) in [5.74, 6) is 0.478. The van der Waals surface area contributed by atoms with Gasteiger partial charge in [0.15, 0.2) is 11.4 Å². The molecule has 0 amide bonds. The van der Waals surface area contributed by atoms with Gasteiger partial charge in [-0.2, -0.15) is 0 Å². The van der Waals surface area contributed by atoms with Crippen LogP contribution < -0.4 is 10.4 Å². The largest absolute Gasteiger partial charge is 0.489 e. The number of ether oxygens (including phenoxy) is 2. The van der Waals surface area contributed by atoms with Gasteiger partial charge in [0.1, 0.15) is 17.4 Å². The Labute approximate surface area is 158 Å². The Hall–Kier alpha value is -2.40. The molecule has 1 aromatic heterocycles. The van der Waals surface area contributed by atoms with Crippen molar-refractivity contribution in [1.82, 2.24) is 0 Å². The molecule has 3 heterocycles. The first-order chi connectivity index (χ1) is 13.0. The molecule has 0 bridgehead atoms. The fourth-order valence-corrected chi connectivity index (χ4v) is 4.06. The Kier molecular flexibility index (Phi) is 4.64. The van der Waals surface area contributed by atoms with Crippen LogP contribution in [0.25, 0.3) is 17.0 Å². The summed E-state index contributed by atoms with van der Waals surface area (Å²) in [6.07, 6.45) is 6.75. The van der Waals surface area contributed by atoms with E-state index in [0.29, 0.717) is 29.9 Å². The molecule has 0 spiro atoms. The van der Waals surface area contributed by atoms with Gasteiger partial charge in [0.05, 0.1) is 12.7 Å². The molecule has 142 valence electrons. The normalized spacial score (nSPS) is 21.5. The van der Waals surface area contributed by atoms with Gasteiger partial charge < -0.3 is 13.9 Å². The lowest BCUT2D eigenvalue weighted by Crippen LogP contribution is -2.26. The summed E-state index contributed by atoms with van der Waals surface area (Å²) in [6.45, 7) is 6.39. The lowest BCUT2D eigenvalue weighted by molar-refractivity contribution is 0.0681. The zero-order chi connectivity index (χ0) is 19.1. The van der Waals surface area contributed by atoms with Gasteiger partial charge in [-0.1, -0.05) is 32.4 Å². The van der Waals surface area contributed by atoms with E-state index in [1.165, 1.54) is 6.07 Å². The van der Waals surface area contributed by atoms with Crippen molar-refractivity contribution in [3.63, 3.8) is 0 Å². The van der Waals surface area contributed by atoms with Gasteiger partial charge in [-0.05, 0) is 30.9 Å². The van der Waals surface area contributed by atoms with E-state index in [1.807, 2.05) is 26.0 Å². The van der Waals surface area contributed by atoms with Crippen LogP contribution in [0.15, 0.2) is 21.4 Å². The molecular weight excluding hydrogens is 344 g/mol. The Balaban J connectivity index is 2.08. The number of hydrogen-bond acceptors (Lipinski definition) is 5. The highest BCUT2D eigenvalue weighted by atomic mass is 16.5. The SMILES string of the molecule is CCCC1C=Cc2c3c(c4oc(=O)cc(CC)c4c2CO1)C(=O)CC(C)O3. The van der Waals surface area contributed by atoms with Crippen molar-refractivity contribution in [3.8, 4) is 5.75 Å². The number of hydrogen-bond donors (Lipinski definition) is 0. The van der Waals surface area contributed by atoms with E-state index < -0.39 is 5.63 Å². The van der Waals surface area contributed by atoms with Crippen molar-refractivity contribution < 1.29 is 18.7 Å². The number of Topliss-reactive ketones (excluding diaryl/α,β-unsaturated/α-hetero) is 1. The summed E-state index contributed by atoms with van der Waals surface area (Å²) < 4.78 is 17.7. The highest BCUT2D eigenvalue weighted by Gasteiger charge is 2.33. The van der Waals surface area contributed by atoms with Crippen LogP contribution in [0.1, 0.15) is 67.1 Å². The lowest BCUT2D eigenvalue weighted by Gasteiger charge is -2.26. The second kappa shape index (κ2) is 6.97. The van der Waals surface area contributed by atoms with Crippen LogP contribution in [0.4, 0.5) is 0 Å². The maximum Gasteiger partial charge on any atom is 0.336 e. The summed E-state index contributed by atoms with van der Waals surface area (Å²) >= 11 is 0. The number of ketones is 1. The van der Waals surface area contributed by atoms with Crippen LogP contribution >= 0.6 is 0 Å². The molecule has 4 rings (SSSR count). The van der Waals surface area contributed by atoms with Gasteiger partial charge in [-0.3, -0.25) is 4.79 Å². The topological polar surface area (TPSA) is 65.7 Å². The lowest BCUT2D eigenvalue weighted by atomic mass is 9.89. The van der Waals surface area contributed by atoms with E-state index >= 15 is 0 Å². The predicted molar refractivity (Wildman–Crippen MR) is 103 cm³/mol. The van der Waals surface area contributed by atoms with Crippen molar-refractivity contribution in [1.29, 1.82) is 0 Å². The van der Waals surface area contributed by atoms with Crippen molar-refractivity contribution in [2.45, 2.75) is 65.3 Å². The van der Waals surface area contributed by atoms with Gasteiger partial charge in [0, 0.05) is 23.4 Å². The minimum atomic E-state index is -0.443. The summed E-state index contributed by atoms with van der Waals surface area (Å²) in [4.78, 5) is 25.0. The Morgan fingerprint density at radius 1 is 1.22 bits per heavy atom. The fourth-order valence-electron chi connectivity index (χ4n) is 4.06. The highest BCUT2D eigenvalue weighted by molar-refractivity contribution is 6.12. The van der Waals surface area contributed by atoms with Gasteiger partial charge in [-0.25, -0.2) is 4.79 Å². The molecule has 5 heteroatoms. The summed E-state index contributed by atoms with van der Waals surface area (Å²) in [6, 6.07) is 1.52. The molecule has 0 fully saturated rings. The molecule has 2 aliphatic rings. The fraction of sp³-hybridized carbons (Fsp3) is 0.455. The average Bonchev–Trinajstić information content (AvgIpc) is 2.83. The van der Waals surface area contributed by atoms with Crippen LogP contribution in [0.3, 0.4) is 0 Å². The molecular formula is C22H24O5. The molecule has 0 aliphatic carbocycles. The third-order valence-electron chi connectivity index (χ3n) is 5.31. The first-order valence-electron chi connectivity index (χ1n) is 9.68. The molecule has 27 heavy (non-hydrogen) atoms. The van der Waals surface area contributed by atoms with E-state index in [2.05, 4.69) is 6.92 Å². The molecule has 2 aromatic rings. The quantitative estimate of drug-likeness (QED) is 0.750. The summed E-state index contributed by atoms with van der Waals surface area (Å²) in [5.41, 5.74) is 2.98. The first-order valence-corrected chi connectivity index (χ1v) is 9.68. The molecule has 0 radical (unpaired) electrons. The van der Waals surface area contributed by atoms with E-state index in [9.17, 15) is 9.59 Å². The monoisotopic (exact) mass is 368 g/mol. The number of carbonyl (C=O) groups is 1. The molecule has 2 unspecified atom stereocenters. The molecule has 0 saturated carbocycles. The molecule has 2 atom stereocenters. The van der Waals surface area contributed by atoms with E-state index in [1.54, 1.807) is 0 Å². The van der Waals surface area contributed by atoms with E-state index in [-0.39, 0.29) is 24.4 Å². The maximum absolute atomic E-state index is 12.9. The minimum Gasteiger partial charge on any atom is -0.489 e. The number of benzene rings is 1. The van der Waals surface area contributed by atoms with Crippen LogP contribution in [-0.4, -0.2) is 18.0 Å². The van der Waals surface area contributed by atoms with Gasteiger partial charge in [0.25, 0.3) is 0 Å². The third kappa shape index (κ3) is 3.00. The van der Waals surface area contributed by atoms with Gasteiger partial charge in [0.2, 0.25) is 0 Å². The van der Waals surface area contributed by atoms with Crippen LogP contribution in [-0.2, 0) is 17.8 Å². The van der Waals surface area contributed by atoms with E-state index in [0.717, 1.165) is 34.9 Å². The maximum atomic E-state index is 12.9. The van der Waals surface area contributed by atoms with Crippen molar-refractivity contribution >= 4 is 22.8 Å². The second-order valence-corrected chi connectivity index (χ2v) is 7.30. The highest BCUT2D eigenvalue weighted by Crippen LogP contribution is 2.43. The summed E-state index contributed by atoms with van der Waals surface area (Å²) in [5, 5.41) is 0.819. The second-order valence-electron chi connectivity index (χ2n) is 7.30. The Morgan fingerprint density at radius 3 is 2.78 bits per heavy atom. The van der Waals surface area contributed by atoms with Crippen LogP contribution in [0, 0.1) is 0 Å². The van der Waals surface area contributed by atoms with Crippen molar-refractivity contribution in [2.75, 3.05) is 0 Å². The molecule has 1 aromatic carbocycles. The Morgan fingerprint density at radius 2 is 2.04 bits per heavy atom. The minimum absolute atomic E-state index is 0.0191. The zero-order valence-electron chi connectivity index (χ0n) is 16.0. The zero-order valence-corrected chi connectivity index (χ0v) is 16.0. The predicted octanol–water partition coefficient (Wildman–Crippen LogP) is 4.42. The summed E-state index contributed by atoms with van der Waals surface area (Å²) in [7, 11) is 0. The molecule has 0 saturated heterocycles. The van der Waals surface area contributed by atoms with Crippen molar-refractivity contribution in [3.05, 3.63) is 44.8 Å². The standard InChI is InChI=1S/C22H24O5/c1-4-6-14-7-8-15-16(11-25-14)19-13(5-2)10-18(24)27-22(19)20-17(23)9-12(3)26-21(15)20/h7-8,10,12,14H,4-6,9,11H2,1-3H3. The molecule has 2 aliphatic heterocycles. The number of carbonyl (C=O) groups excluding carboxylic acids is 1. The third-order valence-corrected chi connectivity index (χ3v) is 5.31. The van der Waals surface area contributed by atoms with Crippen LogP contribution in [0.2, 0.25) is 0 Å². The number of aryl methyl sites for hydroxylation is 1. The number of fused-ring (bicyclic) bond motifs is 6. The van der Waals surface area contributed by atoms with E-state index in [4.69, 9.17) is 13.9 Å². The number of rotatable bonds is 3. The van der Waals surface area contributed by atoms with Crippen molar-refractivity contribution in [2.24, 2.45) is 0 Å². The molecule has 5 nitrogen and oxygen atoms in total.